The van der Waals surface area contributed by atoms with Gasteiger partial charge in [-0.15, -0.1) is 0 Å². The number of rotatable bonds is 5. The summed E-state index contributed by atoms with van der Waals surface area (Å²) in [5.41, 5.74) is 0. The quantitative estimate of drug-likeness (QED) is 0.427. The van der Waals surface area contributed by atoms with Crippen molar-refractivity contribution >= 4 is 7.85 Å². The average Bonchev–Trinajstić information content (AvgIpc) is 2.47. The molecule has 1 rings (SSSR count). The van der Waals surface area contributed by atoms with Crippen molar-refractivity contribution in [3.8, 4) is 0 Å². The van der Waals surface area contributed by atoms with E-state index in [2.05, 4.69) is 6.92 Å². The monoisotopic (exact) mass is 164 g/mol. The molecule has 0 N–H and O–H groups in total. The van der Waals surface area contributed by atoms with Crippen LogP contribution >= 0.6 is 0 Å². The highest BCUT2D eigenvalue weighted by atomic mass is 14.3. The first-order valence-corrected chi connectivity index (χ1v) is 5.56. The van der Waals surface area contributed by atoms with Crippen LogP contribution in [-0.4, -0.2) is 7.85 Å². The van der Waals surface area contributed by atoms with E-state index in [1.165, 1.54) is 57.8 Å². The first-order chi connectivity index (χ1) is 5.77. The summed E-state index contributed by atoms with van der Waals surface area (Å²) in [4.78, 5) is 0. The summed E-state index contributed by atoms with van der Waals surface area (Å²) in [6.45, 7) is 2.26. The Hall–Kier alpha value is 0.0649. The fraction of sp³-hybridized carbons (Fsp3) is 1.00. The van der Waals surface area contributed by atoms with Crippen molar-refractivity contribution in [1.82, 2.24) is 0 Å². The van der Waals surface area contributed by atoms with Crippen LogP contribution < -0.4 is 0 Å². The summed E-state index contributed by atoms with van der Waals surface area (Å²) in [5, 5.41) is 0.244. The highest BCUT2D eigenvalue weighted by molar-refractivity contribution is 6.15. The molecule has 68 valence electrons. The Kier molecular flexibility index (Phi) is 4.18. The Balaban J connectivity index is 2.05. The summed E-state index contributed by atoms with van der Waals surface area (Å²) in [7, 11) is 6.24. The van der Waals surface area contributed by atoms with Gasteiger partial charge in [0.05, 0.1) is 7.85 Å². The molecule has 1 fully saturated rings. The molecule has 0 saturated heterocycles. The van der Waals surface area contributed by atoms with Crippen molar-refractivity contribution in [1.29, 1.82) is 0 Å². The van der Waals surface area contributed by atoms with Gasteiger partial charge in [-0.2, -0.15) is 0 Å². The lowest BCUT2D eigenvalue weighted by Gasteiger charge is -2.23. The van der Waals surface area contributed by atoms with E-state index in [0.29, 0.717) is 0 Å². The van der Waals surface area contributed by atoms with Crippen molar-refractivity contribution in [3.63, 3.8) is 0 Å². The first kappa shape index (κ1) is 10.1. The van der Waals surface area contributed by atoms with Crippen molar-refractivity contribution in [2.24, 2.45) is 0 Å². The van der Waals surface area contributed by atoms with E-state index in [4.69, 9.17) is 7.85 Å². The molecule has 0 heterocycles. The lowest BCUT2D eigenvalue weighted by molar-refractivity contribution is 0.488. The molecule has 0 aromatic carbocycles. The predicted molar refractivity (Wildman–Crippen MR) is 55.7 cm³/mol. The Morgan fingerprint density at radius 1 is 1.08 bits per heavy atom. The van der Waals surface area contributed by atoms with Gasteiger partial charge in [-0.05, 0) is 0 Å². The van der Waals surface area contributed by atoms with Crippen LogP contribution in [0, 0.1) is 0 Å². The van der Waals surface area contributed by atoms with Crippen LogP contribution in [0.1, 0.15) is 64.7 Å². The van der Waals surface area contributed by atoms with Crippen LogP contribution in [0.3, 0.4) is 0 Å². The van der Waals surface area contributed by atoms with Crippen molar-refractivity contribution in [2.45, 2.75) is 70.0 Å². The molecule has 1 aliphatic rings. The zero-order chi connectivity index (χ0) is 8.86. The maximum atomic E-state index is 6.24. The van der Waals surface area contributed by atoms with Crippen LogP contribution in [0.2, 0.25) is 5.31 Å². The largest absolute Gasteiger partial charge is 0.0746 e. The predicted octanol–water partition coefficient (Wildman–Crippen LogP) is 3.86. The number of hydrogen-bond donors (Lipinski definition) is 0. The molecule has 0 aromatic rings. The van der Waals surface area contributed by atoms with Crippen molar-refractivity contribution in [2.75, 3.05) is 0 Å². The van der Waals surface area contributed by atoms with E-state index >= 15 is 0 Å². The third-order valence-corrected chi connectivity index (χ3v) is 3.13. The molecule has 2 radical (unpaired) electrons. The smallest absolute Gasteiger partial charge is 0.0661 e. The van der Waals surface area contributed by atoms with Gasteiger partial charge >= 0.3 is 0 Å². The average molecular weight is 164 g/mol. The first-order valence-electron chi connectivity index (χ1n) is 5.56. The minimum absolute atomic E-state index is 0.244. The molecule has 12 heavy (non-hydrogen) atoms. The fourth-order valence-corrected chi connectivity index (χ4v) is 2.23. The summed E-state index contributed by atoms with van der Waals surface area (Å²) >= 11 is 0. The molecule has 1 aliphatic carbocycles. The maximum absolute atomic E-state index is 6.24. The van der Waals surface area contributed by atoms with Crippen molar-refractivity contribution < 1.29 is 0 Å². The molecular weight excluding hydrogens is 143 g/mol. The van der Waals surface area contributed by atoms with E-state index in [-0.39, 0.29) is 5.31 Å². The van der Waals surface area contributed by atoms with Crippen LogP contribution in [-0.2, 0) is 0 Å². The highest BCUT2D eigenvalue weighted by Gasteiger charge is 2.26. The third-order valence-electron chi connectivity index (χ3n) is 3.13. The van der Waals surface area contributed by atoms with E-state index in [1.54, 1.807) is 0 Å². The normalized spacial score (nSPS) is 21.4. The molecule has 1 heteroatoms. The minimum atomic E-state index is 0.244. The Labute approximate surface area is 78.5 Å². The molecular formula is C11H21B. The van der Waals surface area contributed by atoms with Gasteiger partial charge in [0.1, 0.15) is 0 Å². The summed E-state index contributed by atoms with van der Waals surface area (Å²) < 4.78 is 0. The van der Waals surface area contributed by atoms with E-state index in [1.807, 2.05) is 0 Å². The van der Waals surface area contributed by atoms with Crippen LogP contribution in [0.4, 0.5) is 0 Å². The van der Waals surface area contributed by atoms with Gasteiger partial charge in [0.25, 0.3) is 0 Å². The van der Waals surface area contributed by atoms with Gasteiger partial charge in [-0.3, -0.25) is 0 Å². The van der Waals surface area contributed by atoms with Gasteiger partial charge in [-0.1, -0.05) is 70.0 Å². The molecule has 0 unspecified atom stereocenters. The number of hydrogen-bond acceptors (Lipinski definition) is 0. The summed E-state index contributed by atoms with van der Waals surface area (Å²) in [6.07, 6.45) is 12.0. The lowest BCUT2D eigenvalue weighted by atomic mass is 9.64. The molecule has 0 bridgehead atoms. The van der Waals surface area contributed by atoms with Gasteiger partial charge in [-0.25, -0.2) is 0 Å². The van der Waals surface area contributed by atoms with Gasteiger partial charge in [0.15, 0.2) is 0 Å². The van der Waals surface area contributed by atoms with Gasteiger partial charge in [0, 0.05) is 0 Å². The van der Waals surface area contributed by atoms with E-state index in [9.17, 15) is 0 Å². The number of unbranched alkanes of at least 4 members (excludes halogenated alkanes) is 3. The van der Waals surface area contributed by atoms with E-state index in [0.717, 1.165) is 0 Å². The zero-order valence-electron chi connectivity index (χ0n) is 8.44. The highest BCUT2D eigenvalue weighted by Crippen LogP contribution is 2.45. The lowest BCUT2D eigenvalue weighted by Crippen LogP contribution is -2.06. The summed E-state index contributed by atoms with van der Waals surface area (Å²) in [5.74, 6) is 0. The van der Waals surface area contributed by atoms with Crippen LogP contribution in [0.15, 0.2) is 0 Å². The molecule has 0 spiro atoms. The summed E-state index contributed by atoms with van der Waals surface area (Å²) in [6, 6.07) is 0. The Morgan fingerprint density at radius 3 is 2.33 bits per heavy atom. The molecule has 0 aromatic heterocycles. The standard InChI is InChI=1S/C11H21B/c1-2-3-4-5-8-11(12)9-6-7-10-11/h2-10H2,1H3. The van der Waals surface area contributed by atoms with Crippen molar-refractivity contribution in [3.05, 3.63) is 0 Å². The van der Waals surface area contributed by atoms with E-state index < -0.39 is 0 Å². The Bertz CT molecular complexity index is 114. The topological polar surface area (TPSA) is 0 Å². The molecule has 1 saturated carbocycles. The second kappa shape index (κ2) is 4.94. The third kappa shape index (κ3) is 3.20. The van der Waals surface area contributed by atoms with Gasteiger partial charge in [0.2, 0.25) is 0 Å². The Morgan fingerprint density at radius 2 is 1.75 bits per heavy atom. The van der Waals surface area contributed by atoms with Gasteiger partial charge < -0.3 is 0 Å². The SMILES string of the molecule is [B]C1(CCCCCC)CCCC1. The van der Waals surface area contributed by atoms with Crippen LogP contribution in [0.5, 0.6) is 0 Å². The fourth-order valence-electron chi connectivity index (χ4n) is 2.23. The molecule has 0 aliphatic heterocycles. The second-order valence-electron chi connectivity index (χ2n) is 4.38. The second-order valence-corrected chi connectivity index (χ2v) is 4.38. The molecule has 0 amide bonds. The molecule has 0 atom stereocenters. The minimum Gasteiger partial charge on any atom is -0.0661 e. The van der Waals surface area contributed by atoms with Crippen LogP contribution in [0.25, 0.3) is 0 Å². The maximum Gasteiger partial charge on any atom is 0.0746 e. The molecule has 0 nitrogen and oxygen atoms in total. The zero-order valence-corrected chi connectivity index (χ0v) is 8.44.